The van der Waals surface area contributed by atoms with E-state index in [0.29, 0.717) is 27.3 Å². The fourth-order valence-corrected chi connectivity index (χ4v) is 3.10. The maximum atomic E-state index is 12.1. The molecular formula is C18H17ClN4O2S. The Kier molecular flexibility index (Phi) is 5.80. The van der Waals surface area contributed by atoms with Crippen molar-refractivity contribution in [2.45, 2.75) is 12.1 Å². The molecule has 0 saturated heterocycles. The van der Waals surface area contributed by atoms with Gasteiger partial charge in [0.1, 0.15) is 5.75 Å². The first kappa shape index (κ1) is 18.3. The van der Waals surface area contributed by atoms with Gasteiger partial charge in [-0.3, -0.25) is 9.89 Å². The number of anilines is 1. The van der Waals surface area contributed by atoms with Gasteiger partial charge in [0.25, 0.3) is 0 Å². The third-order valence-electron chi connectivity index (χ3n) is 3.63. The normalized spacial score (nSPS) is 10.6. The van der Waals surface area contributed by atoms with E-state index in [4.69, 9.17) is 16.3 Å². The van der Waals surface area contributed by atoms with E-state index in [2.05, 4.69) is 20.5 Å². The van der Waals surface area contributed by atoms with Crippen LogP contribution in [0.15, 0.2) is 47.6 Å². The van der Waals surface area contributed by atoms with Crippen LogP contribution in [0.4, 0.5) is 5.69 Å². The van der Waals surface area contributed by atoms with Crippen LogP contribution in [0, 0.1) is 6.92 Å². The molecule has 0 aliphatic carbocycles. The van der Waals surface area contributed by atoms with E-state index >= 15 is 0 Å². The highest BCUT2D eigenvalue weighted by Crippen LogP contribution is 2.31. The molecule has 0 bridgehead atoms. The number of carbonyl (C=O) groups is 1. The van der Waals surface area contributed by atoms with E-state index in [1.165, 1.54) is 11.8 Å². The number of nitrogens with zero attached hydrogens (tertiary/aromatic N) is 2. The van der Waals surface area contributed by atoms with Crippen molar-refractivity contribution in [3.05, 3.63) is 53.1 Å². The van der Waals surface area contributed by atoms with Gasteiger partial charge in [-0.25, -0.2) is 4.98 Å². The van der Waals surface area contributed by atoms with Gasteiger partial charge in [-0.15, -0.1) is 5.10 Å². The first-order valence-corrected chi connectivity index (χ1v) is 9.18. The van der Waals surface area contributed by atoms with Crippen LogP contribution >= 0.6 is 23.4 Å². The number of ether oxygens (including phenoxy) is 1. The smallest absolute Gasteiger partial charge is 0.234 e. The first-order chi connectivity index (χ1) is 12.6. The average Bonchev–Trinajstić information content (AvgIpc) is 3.11. The molecule has 0 atom stereocenters. The summed E-state index contributed by atoms with van der Waals surface area (Å²) in [6.45, 7) is 1.95. The average molecular weight is 389 g/mol. The van der Waals surface area contributed by atoms with Gasteiger partial charge < -0.3 is 10.1 Å². The first-order valence-electron chi connectivity index (χ1n) is 7.81. The van der Waals surface area contributed by atoms with Crippen LogP contribution in [0.25, 0.3) is 11.4 Å². The van der Waals surface area contributed by atoms with Crippen LogP contribution < -0.4 is 10.1 Å². The number of nitrogens with one attached hydrogen (secondary N) is 2. The van der Waals surface area contributed by atoms with E-state index in [9.17, 15) is 4.79 Å². The molecule has 1 amide bonds. The van der Waals surface area contributed by atoms with E-state index in [1.807, 2.05) is 31.2 Å². The van der Waals surface area contributed by atoms with Crippen molar-refractivity contribution in [3.8, 4) is 17.1 Å². The number of amides is 1. The number of rotatable bonds is 6. The molecule has 0 aliphatic rings. The molecule has 26 heavy (non-hydrogen) atoms. The second-order valence-electron chi connectivity index (χ2n) is 5.46. The summed E-state index contributed by atoms with van der Waals surface area (Å²) in [4.78, 5) is 16.5. The van der Waals surface area contributed by atoms with Gasteiger partial charge in [0.15, 0.2) is 5.82 Å². The second kappa shape index (κ2) is 8.25. The molecule has 1 heterocycles. The predicted molar refractivity (Wildman–Crippen MR) is 104 cm³/mol. The van der Waals surface area contributed by atoms with Crippen molar-refractivity contribution in [1.29, 1.82) is 0 Å². The van der Waals surface area contributed by atoms with E-state index < -0.39 is 0 Å². The van der Waals surface area contributed by atoms with E-state index in [0.717, 1.165) is 11.3 Å². The third-order valence-corrected chi connectivity index (χ3v) is 4.72. The molecule has 8 heteroatoms. The molecule has 3 rings (SSSR count). The lowest BCUT2D eigenvalue weighted by atomic mass is 10.2. The summed E-state index contributed by atoms with van der Waals surface area (Å²) in [6, 6.07) is 12.9. The third kappa shape index (κ3) is 4.36. The zero-order valence-electron chi connectivity index (χ0n) is 14.2. The molecule has 6 nitrogen and oxygen atoms in total. The van der Waals surface area contributed by atoms with Gasteiger partial charge in [0, 0.05) is 10.7 Å². The van der Waals surface area contributed by atoms with Crippen LogP contribution in [-0.4, -0.2) is 34.0 Å². The van der Waals surface area contributed by atoms with Crippen LogP contribution in [0.3, 0.4) is 0 Å². The highest BCUT2D eigenvalue weighted by molar-refractivity contribution is 7.99. The summed E-state index contributed by atoms with van der Waals surface area (Å²) in [7, 11) is 1.58. The quantitative estimate of drug-likeness (QED) is 0.619. The lowest BCUT2D eigenvalue weighted by Gasteiger charge is -2.07. The van der Waals surface area contributed by atoms with E-state index in [-0.39, 0.29) is 11.7 Å². The Balaban J connectivity index is 1.65. The molecule has 0 aliphatic heterocycles. The molecule has 134 valence electrons. The lowest BCUT2D eigenvalue weighted by Crippen LogP contribution is -2.14. The summed E-state index contributed by atoms with van der Waals surface area (Å²) in [5.74, 6) is 1.26. The largest absolute Gasteiger partial charge is 0.496 e. The Bertz CT molecular complexity index is 929. The number of benzene rings is 2. The summed E-state index contributed by atoms with van der Waals surface area (Å²) < 4.78 is 5.32. The molecule has 0 fully saturated rings. The maximum Gasteiger partial charge on any atom is 0.234 e. The molecule has 0 spiro atoms. The number of para-hydroxylation sites is 1. The minimum atomic E-state index is -0.115. The Labute approximate surface area is 160 Å². The Morgan fingerprint density at radius 2 is 2.12 bits per heavy atom. The molecular weight excluding hydrogens is 372 g/mol. The maximum absolute atomic E-state index is 12.1. The molecule has 0 unspecified atom stereocenters. The van der Waals surface area contributed by atoms with Gasteiger partial charge >= 0.3 is 0 Å². The fourth-order valence-electron chi connectivity index (χ4n) is 2.33. The summed E-state index contributed by atoms with van der Waals surface area (Å²) in [5.41, 5.74) is 2.53. The van der Waals surface area contributed by atoms with Crippen LogP contribution in [0.2, 0.25) is 5.02 Å². The minimum absolute atomic E-state index is 0.115. The predicted octanol–water partition coefficient (Wildman–Crippen LogP) is 4.17. The molecule has 1 aromatic heterocycles. The van der Waals surface area contributed by atoms with Crippen molar-refractivity contribution in [1.82, 2.24) is 15.2 Å². The van der Waals surface area contributed by atoms with Gasteiger partial charge in [0.2, 0.25) is 11.1 Å². The van der Waals surface area contributed by atoms with Gasteiger partial charge in [-0.05, 0) is 36.8 Å². The Hall–Kier alpha value is -2.51. The lowest BCUT2D eigenvalue weighted by molar-refractivity contribution is -0.113. The number of aryl methyl sites for hydroxylation is 1. The second-order valence-corrected chi connectivity index (χ2v) is 6.84. The number of hydrogen-bond donors (Lipinski definition) is 2. The number of thioether (sulfide) groups is 1. The molecule has 0 radical (unpaired) electrons. The summed E-state index contributed by atoms with van der Waals surface area (Å²) >= 11 is 7.29. The van der Waals surface area contributed by atoms with Gasteiger partial charge in [-0.2, -0.15) is 0 Å². The van der Waals surface area contributed by atoms with Crippen molar-refractivity contribution < 1.29 is 9.53 Å². The zero-order valence-corrected chi connectivity index (χ0v) is 15.8. The Morgan fingerprint density at radius 3 is 2.88 bits per heavy atom. The van der Waals surface area contributed by atoms with Crippen molar-refractivity contribution >= 4 is 35.0 Å². The van der Waals surface area contributed by atoms with E-state index in [1.54, 1.807) is 25.3 Å². The molecule has 3 aromatic rings. The minimum Gasteiger partial charge on any atom is -0.496 e. The topological polar surface area (TPSA) is 79.9 Å². The number of aromatic nitrogens is 3. The van der Waals surface area contributed by atoms with Gasteiger partial charge in [0.05, 0.1) is 18.4 Å². The summed E-state index contributed by atoms with van der Waals surface area (Å²) in [6.07, 6.45) is 0. The number of carbonyl (C=O) groups excluding carboxylic acids is 1. The zero-order chi connectivity index (χ0) is 18.5. The van der Waals surface area contributed by atoms with Crippen LogP contribution in [0.5, 0.6) is 5.75 Å². The molecule has 2 N–H and O–H groups in total. The van der Waals surface area contributed by atoms with Crippen LogP contribution in [0.1, 0.15) is 5.56 Å². The molecule has 0 saturated carbocycles. The SMILES string of the molecule is COc1ccc(Cl)cc1-c1nc(SCC(=O)Nc2ccccc2C)n[nH]1. The van der Waals surface area contributed by atoms with Crippen molar-refractivity contribution in [2.24, 2.45) is 0 Å². The number of H-pyrrole nitrogens is 1. The molecule has 2 aromatic carbocycles. The van der Waals surface area contributed by atoms with Gasteiger partial charge in [-0.1, -0.05) is 41.6 Å². The highest BCUT2D eigenvalue weighted by atomic mass is 35.5. The highest BCUT2D eigenvalue weighted by Gasteiger charge is 2.13. The standard InChI is InChI=1S/C18H17ClN4O2S/c1-11-5-3-4-6-14(11)20-16(24)10-26-18-21-17(22-23-18)13-9-12(19)7-8-15(13)25-2/h3-9H,10H2,1-2H3,(H,20,24)(H,21,22,23). The monoisotopic (exact) mass is 388 g/mol. The number of hydrogen-bond acceptors (Lipinski definition) is 5. The number of halogens is 1. The van der Waals surface area contributed by atoms with Crippen LogP contribution in [-0.2, 0) is 4.79 Å². The number of methoxy groups -OCH3 is 1. The summed E-state index contributed by atoms with van der Waals surface area (Å²) in [5, 5.41) is 10.9. The number of aromatic amines is 1. The fraction of sp³-hybridized carbons (Fsp3) is 0.167. The van der Waals surface area contributed by atoms with Crippen molar-refractivity contribution in [3.63, 3.8) is 0 Å². The Morgan fingerprint density at radius 1 is 1.31 bits per heavy atom. The van der Waals surface area contributed by atoms with Crippen molar-refractivity contribution in [2.75, 3.05) is 18.2 Å².